The van der Waals surface area contributed by atoms with Gasteiger partial charge in [0.2, 0.25) is 5.91 Å². The molecule has 160 valence electrons. The minimum Gasteiger partial charge on any atom is -0.390 e. The quantitative estimate of drug-likeness (QED) is 0.647. The third-order valence-electron chi connectivity index (χ3n) is 6.11. The van der Waals surface area contributed by atoms with Crippen LogP contribution in [0, 0.1) is 0 Å². The SMILES string of the molecule is CC(=O)NC[C@@]1(c2ccccc2)CC[C@H](O)[C@H](O)[C@@H](N(C)C(=O)c2ccncc2)C1. The van der Waals surface area contributed by atoms with E-state index in [1.165, 1.54) is 11.8 Å². The molecule has 1 heterocycles. The maximum absolute atomic E-state index is 13.1. The van der Waals surface area contributed by atoms with Crippen molar-refractivity contribution < 1.29 is 19.8 Å². The zero-order valence-corrected chi connectivity index (χ0v) is 17.4. The summed E-state index contributed by atoms with van der Waals surface area (Å²) in [5.41, 5.74) is 0.948. The number of hydrogen-bond acceptors (Lipinski definition) is 5. The fourth-order valence-electron chi connectivity index (χ4n) is 4.30. The van der Waals surface area contributed by atoms with Crippen LogP contribution in [0.2, 0.25) is 0 Å². The summed E-state index contributed by atoms with van der Waals surface area (Å²) in [7, 11) is 1.64. The van der Waals surface area contributed by atoms with Crippen molar-refractivity contribution in [1.29, 1.82) is 0 Å². The van der Waals surface area contributed by atoms with Gasteiger partial charge in [-0.05, 0) is 37.0 Å². The second-order valence-corrected chi connectivity index (χ2v) is 8.08. The van der Waals surface area contributed by atoms with Crippen molar-refractivity contribution in [3.63, 3.8) is 0 Å². The summed E-state index contributed by atoms with van der Waals surface area (Å²) in [6, 6.07) is 12.4. The van der Waals surface area contributed by atoms with Gasteiger partial charge in [0.25, 0.3) is 5.91 Å². The Hall–Kier alpha value is -2.77. The molecule has 7 heteroatoms. The van der Waals surface area contributed by atoms with Crippen LogP contribution in [0.1, 0.15) is 42.1 Å². The zero-order chi connectivity index (χ0) is 21.7. The Morgan fingerprint density at radius 1 is 1.17 bits per heavy atom. The molecule has 0 bridgehead atoms. The Labute approximate surface area is 176 Å². The van der Waals surface area contributed by atoms with E-state index in [0.29, 0.717) is 31.4 Å². The second-order valence-electron chi connectivity index (χ2n) is 8.08. The first-order valence-corrected chi connectivity index (χ1v) is 10.2. The highest BCUT2D eigenvalue weighted by molar-refractivity contribution is 5.94. The topological polar surface area (TPSA) is 103 Å². The number of carbonyl (C=O) groups excluding carboxylic acids is 2. The third-order valence-corrected chi connectivity index (χ3v) is 6.11. The molecule has 0 unspecified atom stereocenters. The van der Waals surface area contributed by atoms with Gasteiger partial charge in [0.05, 0.1) is 12.1 Å². The molecule has 1 saturated carbocycles. The van der Waals surface area contributed by atoms with Crippen LogP contribution in [0.3, 0.4) is 0 Å². The first kappa shape index (κ1) is 21.9. The number of benzene rings is 1. The molecule has 1 fully saturated rings. The molecule has 1 aromatic heterocycles. The Kier molecular flexibility index (Phi) is 6.84. The molecule has 0 saturated heterocycles. The van der Waals surface area contributed by atoms with E-state index in [-0.39, 0.29) is 11.8 Å². The molecule has 1 aromatic carbocycles. The Bertz CT molecular complexity index is 861. The van der Waals surface area contributed by atoms with Gasteiger partial charge in [0.1, 0.15) is 6.10 Å². The summed E-state index contributed by atoms with van der Waals surface area (Å²) in [5.74, 6) is -0.398. The number of likely N-dealkylation sites (N-methyl/N-ethyl adjacent to an activating group) is 1. The highest BCUT2D eigenvalue weighted by atomic mass is 16.3. The van der Waals surface area contributed by atoms with Gasteiger partial charge >= 0.3 is 0 Å². The largest absolute Gasteiger partial charge is 0.390 e. The van der Waals surface area contributed by atoms with E-state index < -0.39 is 23.7 Å². The molecule has 3 rings (SSSR count). The predicted molar refractivity (Wildman–Crippen MR) is 113 cm³/mol. The minimum atomic E-state index is -1.09. The second kappa shape index (κ2) is 9.36. The van der Waals surface area contributed by atoms with Crippen molar-refractivity contribution >= 4 is 11.8 Å². The van der Waals surface area contributed by atoms with E-state index in [4.69, 9.17) is 0 Å². The molecule has 0 aliphatic heterocycles. The molecule has 7 nitrogen and oxygen atoms in total. The third kappa shape index (κ3) is 4.68. The van der Waals surface area contributed by atoms with Crippen LogP contribution in [-0.2, 0) is 10.2 Å². The molecule has 1 aliphatic rings. The molecule has 0 spiro atoms. The van der Waals surface area contributed by atoms with Crippen LogP contribution in [0.4, 0.5) is 0 Å². The van der Waals surface area contributed by atoms with Crippen LogP contribution in [0.15, 0.2) is 54.9 Å². The normalized spacial score (nSPS) is 26.5. The minimum absolute atomic E-state index is 0.145. The number of rotatable bonds is 5. The summed E-state index contributed by atoms with van der Waals surface area (Å²) >= 11 is 0. The lowest BCUT2D eigenvalue weighted by molar-refractivity contribution is -0.119. The molecule has 2 amide bonds. The first-order chi connectivity index (χ1) is 14.3. The molecule has 4 atom stereocenters. The fourth-order valence-corrected chi connectivity index (χ4v) is 4.30. The molecule has 2 aromatic rings. The van der Waals surface area contributed by atoms with Crippen LogP contribution in [0.25, 0.3) is 0 Å². The van der Waals surface area contributed by atoms with Gasteiger partial charge in [-0.1, -0.05) is 30.3 Å². The molecule has 0 radical (unpaired) electrons. The van der Waals surface area contributed by atoms with Crippen LogP contribution >= 0.6 is 0 Å². The molecule has 3 N–H and O–H groups in total. The van der Waals surface area contributed by atoms with Gasteiger partial charge < -0.3 is 20.4 Å². The van der Waals surface area contributed by atoms with Crippen molar-refractivity contribution in [2.45, 2.75) is 49.9 Å². The van der Waals surface area contributed by atoms with Crippen LogP contribution in [-0.4, -0.2) is 63.8 Å². The predicted octanol–water partition coefficient (Wildman–Crippen LogP) is 1.50. The number of aliphatic hydroxyl groups is 2. The summed E-state index contributed by atoms with van der Waals surface area (Å²) < 4.78 is 0. The number of aliphatic hydroxyl groups excluding tert-OH is 2. The molecule has 30 heavy (non-hydrogen) atoms. The Balaban J connectivity index is 1.98. The highest BCUT2D eigenvalue weighted by Crippen LogP contribution is 2.40. The number of hydrogen-bond donors (Lipinski definition) is 3. The van der Waals surface area contributed by atoms with Crippen molar-refractivity contribution in [3.8, 4) is 0 Å². The monoisotopic (exact) mass is 411 g/mol. The average Bonchev–Trinajstić information content (AvgIpc) is 2.90. The summed E-state index contributed by atoms with van der Waals surface area (Å²) in [6.07, 6.45) is 2.37. The van der Waals surface area contributed by atoms with E-state index in [9.17, 15) is 19.8 Å². The zero-order valence-electron chi connectivity index (χ0n) is 17.4. The number of nitrogens with one attached hydrogen (secondary N) is 1. The molecule has 1 aliphatic carbocycles. The Morgan fingerprint density at radius 2 is 1.83 bits per heavy atom. The maximum Gasteiger partial charge on any atom is 0.254 e. The van der Waals surface area contributed by atoms with Crippen molar-refractivity contribution in [2.24, 2.45) is 0 Å². The highest BCUT2D eigenvalue weighted by Gasteiger charge is 2.45. The van der Waals surface area contributed by atoms with E-state index >= 15 is 0 Å². The lowest BCUT2D eigenvalue weighted by atomic mass is 9.73. The molecular weight excluding hydrogens is 382 g/mol. The van der Waals surface area contributed by atoms with Gasteiger partial charge in [0.15, 0.2) is 0 Å². The van der Waals surface area contributed by atoms with Crippen LogP contribution < -0.4 is 5.32 Å². The first-order valence-electron chi connectivity index (χ1n) is 10.2. The lowest BCUT2D eigenvalue weighted by Gasteiger charge is -2.39. The van der Waals surface area contributed by atoms with E-state index in [2.05, 4.69) is 10.3 Å². The lowest BCUT2D eigenvalue weighted by Crippen LogP contribution is -2.51. The van der Waals surface area contributed by atoms with Crippen LogP contribution in [0.5, 0.6) is 0 Å². The molecular formula is C23H29N3O4. The van der Waals surface area contributed by atoms with E-state index in [1.54, 1.807) is 31.6 Å². The number of amides is 2. The van der Waals surface area contributed by atoms with E-state index in [0.717, 1.165) is 5.56 Å². The number of aromatic nitrogens is 1. The number of pyridine rings is 1. The van der Waals surface area contributed by atoms with Gasteiger partial charge in [-0.25, -0.2) is 0 Å². The smallest absolute Gasteiger partial charge is 0.254 e. The van der Waals surface area contributed by atoms with Crippen molar-refractivity contribution in [1.82, 2.24) is 15.2 Å². The average molecular weight is 412 g/mol. The Morgan fingerprint density at radius 3 is 2.47 bits per heavy atom. The van der Waals surface area contributed by atoms with Crippen molar-refractivity contribution in [3.05, 3.63) is 66.0 Å². The van der Waals surface area contributed by atoms with Gasteiger partial charge in [-0.3, -0.25) is 14.6 Å². The summed E-state index contributed by atoms with van der Waals surface area (Å²) in [4.78, 5) is 30.2. The maximum atomic E-state index is 13.1. The summed E-state index contributed by atoms with van der Waals surface area (Å²) in [6.45, 7) is 1.83. The number of nitrogens with zero attached hydrogens (tertiary/aromatic N) is 2. The summed E-state index contributed by atoms with van der Waals surface area (Å²) in [5, 5.41) is 24.4. The number of carbonyl (C=O) groups is 2. The van der Waals surface area contributed by atoms with Gasteiger partial charge in [-0.15, -0.1) is 0 Å². The van der Waals surface area contributed by atoms with Crippen molar-refractivity contribution in [2.75, 3.05) is 13.6 Å². The fraction of sp³-hybridized carbons (Fsp3) is 0.435. The van der Waals surface area contributed by atoms with Gasteiger partial charge in [0, 0.05) is 43.9 Å². The van der Waals surface area contributed by atoms with Gasteiger partial charge in [-0.2, -0.15) is 0 Å². The standard InChI is InChI=1S/C23H29N3O4/c1-16(27)25-15-23(18-6-4-3-5-7-18)11-8-20(28)21(29)19(14-23)26(2)22(30)17-9-12-24-13-10-17/h3-7,9-10,12-13,19-21,28-29H,8,11,14-15H2,1-2H3,(H,25,27)/t19-,20-,21+,23+/m0/s1. The van der Waals surface area contributed by atoms with E-state index in [1.807, 2.05) is 30.3 Å².